The van der Waals surface area contributed by atoms with Crippen molar-refractivity contribution in [2.24, 2.45) is 0 Å². The van der Waals surface area contributed by atoms with E-state index in [1.54, 1.807) is 13.8 Å². The molecule has 0 spiro atoms. The van der Waals surface area contributed by atoms with Crippen LogP contribution in [0.1, 0.15) is 35.8 Å². The van der Waals surface area contributed by atoms with Crippen LogP contribution in [0.5, 0.6) is 0 Å². The molecule has 2 N–H and O–H groups in total. The highest BCUT2D eigenvalue weighted by atomic mass is 32.2. The Labute approximate surface area is 174 Å². The largest absolute Gasteiger partial charge is 0.357 e. The lowest BCUT2D eigenvalue weighted by Gasteiger charge is -2.21. The van der Waals surface area contributed by atoms with Crippen molar-refractivity contribution in [1.29, 1.82) is 0 Å². The topological polar surface area (TPSA) is 95.6 Å². The predicted octanol–water partition coefficient (Wildman–Crippen LogP) is 2.21. The highest BCUT2D eigenvalue weighted by molar-refractivity contribution is 7.89. The first kappa shape index (κ1) is 23.4. The van der Waals surface area contributed by atoms with Gasteiger partial charge >= 0.3 is 0 Å². The molecule has 0 aromatic heterocycles. The average Bonchev–Trinajstić information content (AvgIpc) is 2.72. The Bertz CT molecular complexity index is 1040. The summed E-state index contributed by atoms with van der Waals surface area (Å²) in [6.45, 7) is 3.47. The van der Waals surface area contributed by atoms with Gasteiger partial charge in [-0.1, -0.05) is 6.07 Å². The van der Waals surface area contributed by atoms with Crippen LogP contribution < -0.4 is 10.6 Å². The molecule has 0 heterocycles. The van der Waals surface area contributed by atoms with E-state index in [0.29, 0.717) is 0 Å². The molecule has 0 bridgehead atoms. The molecule has 0 aliphatic heterocycles. The van der Waals surface area contributed by atoms with E-state index in [9.17, 15) is 26.8 Å². The minimum atomic E-state index is -3.71. The highest BCUT2D eigenvalue weighted by Crippen LogP contribution is 2.20. The lowest BCUT2D eigenvalue weighted by molar-refractivity contribution is -0.122. The van der Waals surface area contributed by atoms with Gasteiger partial charge in [-0.15, -0.1) is 0 Å². The summed E-state index contributed by atoms with van der Waals surface area (Å²) in [5, 5.41) is 4.80. The van der Waals surface area contributed by atoms with E-state index in [2.05, 4.69) is 10.6 Å². The van der Waals surface area contributed by atoms with Gasteiger partial charge in [-0.25, -0.2) is 17.2 Å². The van der Waals surface area contributed by atoms with Gasteiger partial charge in [0.1, 0.15) is 6.04 Å². The van der Waals surface area contributed by atoms with E-state index < -0.39 is 39.5 Å². The van der Waals surface area contributed by atoms with Gasteiger partial charge in [0.15, 0.2) is 11.6 Å². The van der Waals surface area contributed by atoms with Gasteiger partial charge < -0.3 is 10.6 Å². The summed E-state index contributed by atoms with van der Waals surface area (Å²) in [6, 6.07) is 6.55. The number of sulfonamides is 1. The van der Waals surface area contributed by atoms with E-state index in [1.165, 1.54) is 48.7 Å². The van der Waals surface area contributed by atoms with Crippen molar-refractivity contribution >= 4 is 21.8 Å². The minimum absolute atomic E-state index is 0.0127. The molecule has 2 aromatic rings. The maximum Gasteiger partial charge on any atom is 0.252 e. The monoisotopic (exact) mass is 439 g/mol. The van der Waals surface area contributed by atoms with Gasteiger partial charge in [-0.05, 0) is 55.8 Å². The maximum atomic E-state index is 13.6. The molecular weight excluding hydrogens is 416 g/mol. The summed E-state index contributed by atoms with van der Waals surface area (Å²) in [4.78, 5) is 24.8. The summed E-state index contributed by atoms with van der Waals surface area (Å²) in [7, 11) is -0.918. The number of hydrogen-bond donors (Lipinski definition) is 2. The Balaban J connectivity index is 2.28. The first-order valence-electron chi connectivity index (χ1n) is 9.04. The quantitative estimate of drug-likeness (QED) is 0.692. The van der Waals surface area contributed by atoms with Crippen LogP contribution in [0.4, 0.5) is 8.78 Å². The number of nitrogens with one attached hydrogen (secondary N) is 2. The van der Waals surface area contributed by atoms with Crippen molar-refractivity contribution in [2.75, 3.05) is 14.1 Å². The zero-order chi connectivity index (χ0) is 22.6. The van der Waals surface area contributed by atoms with Crippen molar-refractivity contribution in [2.45, 2.75) is 30.8 Å². The Hall–Kier alpha value is -2.85. The van der Waals surface area contributed by atoms with Crippen LogP contribution in [-0.4, -0.2) is 44.7 Å². The molecule has 2 amide bonds. The Morgan fingerprint density at radius 3 is 2.10 bits per heavy atom. The van der Waals surface area contributed by atoms with Gasteiger partial charge in [-0.3, -0.25) is 9.59 Å². The predicted molar refractivity (Wildman–Crippen MR) is 107 cm³/mol. The summed E-state index contributed by atoms with van der Waals surface area (Å²) in [6.07, 6.45) is 0. The van der Waals surface area contributed by atoms with E-state index in [0.717, 1.165) is 12.1 Å². The molecule has 10 heteroatoms. The van der Waals surface area contributed by atoms with Crippen molar-refractivity contribution < 1.29 is 26.8 Å². The van der Waals surface area contributed by atoms with E-state index in [4.69, 9.17) is 0 Å². The van der Waals surface area contributed by atoms with Gasteiger partial charge in [0.25, 0.3) is 5.91 Å². The van der Waals surface area contributed by atoms with Crippen LogP contribution in [-0.2, 0) is 14.8 Å². The fourth-order valence-electron chi connectivity index (χ4n) is 2.57. The molecular formula is C20H23F2N3O4S. The third-order valence-electron chi connectivity index (χ3n) is 4.58. The fourth-order valence-corrected chi connectivity index (χ4v) is 3.94. The number of carbonyl (C=O) groups excluding carboxylic acids is 2. The summed E-state index contributed by atoms with van der Waals surface area (Å²) >= 11 is 0. The third-order valence-corrected chi connectivity index (χ3v) is 6.63. The van der Waals surface area contributed by atoms with Gasteiger partial charge in [0.2, 0.25) is 15.9 Å². The smallest absolute Gasteiger partial charge is 0.252 e. The first-order chi connectivity index (χ1) is 14.0. The van der Waals surface area contributed by atoms with Crippen molar-refractivity contribution in [3.63, 3.8) is 0 Å². The van der Waals surface area contributed by atoms with Crippen LogP contribution in [0.2, 0.25) is 0 Å². The van der Waals surface area contributed by atoms with Crippen molar-refractivity contribution in [3.8, 4) is 0 Å². The minimum Gasteiger partial charge on any atom is -0.357 e. The summed E-state index contributed by atoms with van der Waals surface area (Å²) in [5.41, 5.74) is 0.150. The van der Waals surface area contributed by atoms with Crippen molar-refractivity contribution in [3.05, 3.63) is 65.2 Å². The number of likely N-dealkylation sites (N-methyl/N-ethyl adjacent to an activating group) is 1. The van der Waals surface area contributed by atoms with Crippen LogP contribution in [0.3, 0.4) is 0 Å². The van der Waals surface area contributed by atoms with Gasteiger partial charge in [-0.2, -0.15) is 4.31 Å². The first-order valence-corrected chi connectivity index (χ1v) is 10.5. The number of nitrogens with zero attached hydrogens (tertiary/aromatic N) is 1. The van der Waals surface area contributed by atoms with Crippen LogP contribution in [0, 0.1) is 11.6 Å². The van der Waals surface area contributed by atoms with Crippen LogP contribution >= 0.6 is 0 Å². The Morgan fingerprint density at radius 2 is 1.60 bits per heavy atom. The second-order valence-corrected chi connectivity index (χ2v) is 8.83. The maximum absolute atomic E-state index is 13.6. The third kappa shape index (κ3) is 5.00. The SMILES string of the molecule is CNC(=O)C(NC(=O)c1ccc(S(=O)(=O)N(C)C(C)C)cc1)c1ccc(F)c(F)c1. The number of halogens is 2. The molecule has 0 aliphatic rings. The molecule has 0 fully saturated rings. The second kappa shape index (κ2) is 9.31. The fraction of sp³-hybridized carbons (Fsp3) is 0.300. The lowest BCUT2D eigenvalue weighted by Crippen LogP contribution is -2.39. The molecule has 30 heavy (non-hydrogen) atoms. The molecule has 2 aromatic carbocycles. The Kier molecular flexibility index (Phi) is 7.27. The molecule has 0 saturated carbocycles. The van der Waals surface area contributed by atoms with Gasteiger partial charge in [0.05, 0.1) is 4.90 Å². The molecule has 0 saturated heterocycles. The Morgan fingerprint density at radius 1 is 1.00 bits per heavy atom. The van der Waals surface area contributed by atoms with E-state index in [1.807, 2.05) is 0 Å². The van der Waals surface area contributed by atoms with Crippen molar-refractivity contribution in [1.82, 2.24) is 14.9 Å². The van der Waals surface area contributed by atoms with E-state index >= 15 is 0 Å². The zero-order valence-electron chi connectivity index (χ0n) is 16.9. The number of amides is 2. The van der Waals surface area contributed by atoms with E-state index in [-0.39, 0.29) is 22.1 Å². The zero-order valence-corrected chi connectivity index (χ0v) is 17.8. The second-order valence-electron chi connectivity index (χ2n) is 6.83. The number of carbonyl (C=O) groups is 2. The van der Waals surface area contributed by atoms with Crippen LogP contribution in [0.15, 0.2) is 47.4 Å². The number of hydrogen-bond acceptors (Lipinski definition) is 4. The molecule has 0 radical (unpaired) electrons. The standard InChI is InChI=1S/C20H23F2N3O4S/c1-12(2)25(4)30(28,29)15-8-5-13(6-9-15)19(26)24-18(20(27)23-3)14-7-10-16(21)17(22)11-14/h5-12,18H,1-4H3,(H,23,27)(H,24,26). The molecule has 1 atom stereocenters. The molecule has 0 aliphatic carbocycles. The summed E-state index contributed by atoms with van der Waals surface area (Å²) < 4.78 is 53.0. The average molecular weight is 439 g/mol. The number of benzene rings is 2. The highest BCUT2D eigenvalue weighted by Gasteiger charge is 2.25. The summed E-state index contributed by atoms with van der Waals surface area (Å²) in [5.74, 6) is -3.55. The molecule has 1 unspecified atom stereocenters. The number of rotatable bonds is 7. The normalized spacial score (nSPS) is 12.7. The molecule has 7 nitrogen and oxygen atoms in total. The van der Waals surface area contributed by atoms with Gasteiger partial charge in [0, 0.05) is 25.7 Å². The van der Waals surface area contributed by atoms with Crippen LogP contribution in [0.25, 0.3) is 0 Å². The molecule has 162 valence electrons. The molecule has 2 rings (SSSR count). The lowest BCUT2D eigenvalue weighted by atomic mass is 10.0.